The first kappa shape index (κ1) is 27.4. The minimum Gasteiger partial charge on any atom is -0.478 e. The van der Waals surface area contributed by atoms with Gasteiger partial charge in [-0.05, 0) is 49.6 Å². The molecule has 0 bridgehead atoms. The topological polar surface area (TPSA) is 71.6 Å². The molecule has 210 valence electrons. The summed E-state index contributed by atoms with van der Waals surface area (Å²) < 4.78 is 72.5. The van der Waals surface area contributed by atoms with Crippen molar-refractivity contribution in [3.8, 4) is 0 Å². The summed E-state index contributed by atoms with van der Waals surface area (Å²) in [6.45, 7) is 3.27. The molecule has 2 atom stereocenters. The van der Waals surface area contributed by atoms with E-state index in [2.05, 4.69) is 10.3 Å². The first-order valence-electron chi connectivity index (χ1n) is 13.0. The lowest BCUT2D eigenvalue weighted by Crippen LogP contribution is -2.54. The zero-order valence-corrected chi connectivity index (χ0v) is 21.7. The fraction of sp³-hybridized carbons (Fsp3) is 0.464. The van der Waals surface area contributed by atoms with Gasteiger partial charge in [-0.1, -0.05) is 6.07 Å². The van der Waals surface area contributed by atoms with Gasteiger partial charge in [-0.2, -0.15) is 0 Å². The van der Waals surface area contributed by atoms with Crippen molar-refractivity contribution in [2.45, 2.75) is 50.7 Å². The van der Waals surface area contributed by atoms with E-state index in [0.29, 0.717) is 49.1 Å². The molecule has 2 aliphatic heterocycles. The van der Waals surface area contributed by atoms with Crippen LogP contribution in [-0.4, -0.2) is 76.7 Å². The molecule has 3 aromatic rings. The van der Waals surface area contributed by atoms with Crippen molar-refractivity contribution < 1.29 is 31.9 Å². The van der Waals surface area contributed by atoms with Crippen LogP contribution in [0.15, 0.2) is 30.3 Å². The lowest BCUT2D eigenvalue weighted by molar-refractivity contribution is -0.0374. The van der Waals surface area contributed by atoms with Crippen LogP contribution in [0.3, 0.4) is 0 Å². The van der Waals surface area contributed by atoms with Gasteiger partial charge in [0.25, 0.3) is 5.92 Å². The molecule has 11 heteroatoms. The van der Waals surface area contributed by atoms with Gasteiger partial charge in [-0.25, -0.2) is 22.4 Å². The highest BCUT2D eigenvalue weighted by Crippen LogP contribution is 2.44. The van der Waals surface area contributed by atoms with Crippen LogP contribution < -0.4 is 5.32 Å². The van der Waals surface area contributed by atoms with Gasteiger partial charge >= 0.3 is 5.97 Å². The zero-order chi connectivity index (χ0) is 28.1. The molecule has 0 amide bonds. The average Bonchev–Trinajstić information content (AvgIpc) is 3.18. The molecule has 6 nitrogen and oxygen atoms in total. The summed E-state index contributed by atoms with van der Waals surface area (Å²) in [5, 5.41) is 13.2. The molecule has 2 aromatic carbocycles. The Kier molecular flexibility index (Phi) is 7.32. The predicted octanol–water partition coefficient (Wildman–Crippen LogP) is 5.59. The first-order valence-corrected chi connectivity index (χ1v) is 13.0. The highest BCUT2D eigenvalue weighted by molar-refractivity contribution is 5.95. The molecular weight excluding hydrogens is 519 g/mol. The highest BCUT2D eigenvalue weighted by atomic mass is 19.3. The number of nitrogens with one attached hydrogen (secondary N) is 2. The van der Waals surface area contributed by atoms with Crippen molar-refractivity contribution in [2.75, 3.05) is 38.2 Å². The summed E-state index contributed by atoms with van der Waals surface area (Å²) in [7, 11) is 0. The van der Waals surface area contributed by atoms with E-state index in [1.807, 2.05) is 4.90 Å². The van der Waals surface area contributed by atoms with Crippen LogP contribution in [0.2, 0.25) is 0 Å². The summed E-state index contributed by atoms with van der Waals surface area (Å²) >= 11 is 0. The smallest absolute Gasteiger partial charge is 0.335 e. The van der Waals surface area contributed by atoms with E-state index in [1.165, 1.54) is 29.2 Å². The van der Waals surface area contributed by atoms with E-state index in [0.717, 1.165) is 12.5 Å². The van der Waals surface area contributed by atoms with Gasteiger partial charge in [0, 0.05) is 60.4 Å². The first-order chi connectivity index (χ1) is 18.4. The number of H-pyrrole nitrogens is 1. The molecular formula is C28H31F5N4O2. The molecule has 39 heavy (non-hydrogen) atoms. The molecule has 1 fully saturated rings. The number of nitrogens with zero attached hydrogens (tertiary/aromatic N) is 2. The fourth-order valence-electron chi connectivity index (χ4n) is 5.87. The number of anilines is 1. The second-order valence-corrected chi connectivity index (χ2v) is 10.8. The van der Waals surface area contributed by atoms with Crippen molar-refractivity contribution in [3.63, 3.8) is 0 Å². The van der Waals surface area contributed by atoms with Gasteiger partial charge in [-0.15, -0.1) is 0 Å². The van der Waals surface area contributed by atoms with E-state index >= 15 is 8.78 Å². The lowest BCUT2D eigenvalue weighted by Gasteiger charge is -2.42. The van der Waals surface area contributed by atoms with E-state index in [4.69, 9.17) is 0 Å². The number of likely N-dealkylation sites (tertiary alicyclic amines) is 1. The largest absolute Gasteiger partial charge is 0.478 e. The number of aromatic carboxylic acids is 1. The Balaban J connectivity index is 1.53. The van der Waals surface area contributed by atoms with Crippen molar-refractivity contribution in [2.24, 2.45) is 0 Å². The van der Waals surface area contributed by atoms with Crippen molar-refractivity contribution in [3.05, 3.63) is 64.4 Å². The summed E-state index contributed by atoms with van der Waals surface area (Å²) in [4.78, 5) is 18.0. The summed E-state index contributed by atoms with van der Waals surface area (Å²) in [6.07, 6.45) is 0.781. The third-order valence-electron chi connectivity index (χ3n) is 7.61. The summed E-state index contributed by atoms with van der Waals surface area (Å²) in [6, 6.07) is 5.18. The Morgan fingerprint density at radius 3 is 2.49 bits per heavy atom. The molecule has 1 saturated heterocycles. The van der Waals surface area contributed by atoms with Gasteiger partial charge in [0.15, 0.2) is 0 Å². The van der Waals surface area contributed by atoms with Crippen molar-refractivity contribution in [1.82, 2.24) is 14.8 Å². The third kappa shape index (κ3) is 5.47. The number of hydrogen-bond donors (Lipinski definition) is 3. The number of carbonyl (C=O) groups is 1. The number of fused-ring (bicyclic) bond motifs is 3. The number of aromatic nitrogens is 1. The van der Waals surface area contributed by atoms with E-state index in [1.54, 1.807) is 13.0 Å². The summed E-state index contributed by atoms with van der Waals surface area (Å²) in [5.41, 5.74) is 1.48. The maximum absolute atomic E-state index is 15.7. The minimum absolute atomic E-state index is 0.0367. The van der Waals surface area contributed by atoms with E-state index in [9.17, 15) is 23.1 Å². The predicted molar refractivity (Wildman–Crippen MR) is 138 cm³/mol. The second kappa shape index (κ2) is 10.4. The van der Waals surface area contributed by atoms with Crippen LogP contribution in [0.1, 0.15) is 53.5 Å². The molecule has 1 aromatic heterocycles. The molecule has 0 unspecified atom stereocenters. The number of hydrogen-bond acceptors (Lipinski definition) is 4. The van der Waals surface area contributed by atoms with Crippen molar-refractivity contribution in [1.29, 1.82) is 0 Å². The number of halogens is 5. The molecule has 2 aliphatic rings. The average molecular weight is 551 g/mol. The van der Waals surface area contributed by atoms with Gasteiger partial charge < -0.3 is 15.4 Å². The molecule has 0 radical (unpaired) electrons. The number of carboxylic acid groups (broad SMARTS) is 1. The van der Waals surface area contributed by atoms with Gasteiger partial charge in [0.05, 0.1) is 30.9 Å². The van der Waals surface area contributed by atoms with Crippen LogP contribution in [0.25, 0.3) is 10.9 Å². The van der Waals surface area contributed by atoms with Crippen LogP contribution in [0.5, 0.6) is 0 Å². The molecule has 0 aliphatic carbocycles. The maximum atomic E-state index is 15.7. The Morgan fingerprint density at radius 1 is 1.18 bits per heavy atom. The fourth-order valence-corrected chi connectivity index (χ4v) is 5.87. The number of rotatable bonds is 9. The molecule has 3 heterocycles. The van der Waals surface area contributed by atoms with Crippen LogP contribution in [-0.2, 0) is 6.42 Å². The van der Waals surface area contributed by atoms with Gasteiger partial charge in [0.1, 0.15) is 11.6 Å². The van der Waals surface area contributed by atoms with E-state index < -0.39 is 48.8 Å². The van der Waals surface area contributed by atoms with Crippen LogP contribution in [0, 0.1) is 11.6 Å². The number of aromatic amines is 1. The highest BCUT2D eigenvalue weighted by Gasteiger charge is 2.42. The molecule has 0 saturated carbocycles. The Labute approximate surface area is 222 Å². The SMILES string of the molecule is C[C@H]1Cc2c([nH]c3cc(C(=O)O)ccc23)[C@H](c2c(F)cc(NC3CN(CCCF)C3)cc2F)N1CC(C)(F)F. The number of benzene rings is 2. The van der Waals surface area contributed by atoms with Crippen LogP contribution in [0.4, 0.5) is 27.6 Å². The summed E-state index contributed by atoms with van der Waals surface area (Å²) in [5.74, 6) is -5.99. The molecule has 5 rings (SSSR count). The molecule has 0 spiro atoms. The standard InChI is InChI=1S/C28H31F5N4O2/c1-15-8-20-19-5-4-16(27(38)39)9-23(19)35-25(20)26(37(15)14-28(2,32)33)24-21(30)10-17(11-22(24)31)34-18-12-36(13-18)7-3-6-29/h4-5,9-11,15,18,26,34-35H,3,6-8,12-14H2,1-2H3,(H,38,39)/t15-,26-/m0/s1. The van der Waals surface area contributed by atoms with Gasteiger partial charge in [0.2, 0.25) is 0 Å². The van der Waals surface area contributed by atoms with Crippen LogP contribution >= 0.6 is 0 Å². The Hall–Kier alpha value is -3.18. The molecule has 3 N–H and O–H groups in total. The Bertz CT molecular complexity index is 1360. The number of alkyl halides is 3. The minimum atomic E-state index is -3.13. The Morgan fingerprint density at radius 2 is 1.87 bits per heavy atom. The van der Waals surface area contributed by atoms with E-state index in [-0.39, 0.29) is 22.9 Å². The zero-order valence-electron chi connectivity index (χ0n) is 21.7. The monoisotopic (exact) mass is 550 g/mol. The second-order valence-electron chi connectivity index (χ2n) is 10.8. The normalized spacial score (nSPS) is 20.7. The maximum Gasteiger partial charge on any atom is 0.335 e. The van der Waals surface area contributed by atoms with Crippen molar-refractivity contribution >= 4 is 22.6 Å². The lowest BCUT2D eigenvalue weighted by atomic mass is 9.87. The van der Waals surface area contributed by atoms with Gasteiger partial charge in [-0.3, -0.25) is 14.2 Å². The third-order valence-corrected chi connectivity index (χ3v) is 7.61. The number of carboxylic acids is 1. The quantitative estimate of drug-likeness (QED) is 0.303.